The number of pyridine rings is 1. The molecule has 0 atom stereocenters. The molecule has 0 aliphatic carbocycles. The summed E-state index contributed by atoms with van der Waals surface area (Å²) in [6.45, 7) is 0. The molecule has 0 aliphatic rings. The maximum Gasteiger partial charge on any atom is 0.313 e. The summed E-state index contributed by atoms with van der Waals surface area (Å²) in [5.41, 5.74) is 5.70. The highest BCUT2D eigenvalue weighted by Gasteiger charge is 2.20. The van der Waals surface area contributed by atoms with Gasteiger partial charge in [0.25, 0.3) is 0 Å². The van der Waals surface area contributed by atoms with Crippen LogP contribution in [0.3, 0.4) is 0 Å². The Balaban J connectivity index is 2.46. The van der Waals surface area contributed by atoms with E-state index in [9.17, 15) is 10.1 Å². The van der Waals surface area contributed by atoms with Crippen LogP contribution >= 0.6 is 27.5 Å². The molecule has 0 spiro atoms. The van der Waals surface area contributed by atoms with Gasteiger partial charge < -0.3 is 10.5 Å². The van der Waals surface area contributed by atoms with Crippen LogP contribution in [0, 0.1) is 10.1 Å². The molecule has 8 heteroatoms. The summed E-state index contributed by atoms with van der Waals surface area (Å²) in [5.74, 6) is -0.0323. The van der Waals surface area contributed by atoms with E-state index in [4.69, 9.17) is 22.1 Å². The highest BCUT2D eigenvalue weighted by atomic mass is 79.9. The molecule has 0 saturated carbocycles. The predicted octanol–water partition coefficient (Wildman–Crippen LogP) is 3.78. The second-order valence-corrected chi connectivity index (χ2v) is 4.82. The summed E-state index contributed by atoms with van der Waals surface area (Å²) in [6, 6.07) is 5.81. The van der Waals surface area contributed by atoms with Gasteiger partial charge in [0.15, 0.2) is 0 Å². The van der Waals surface area contributed by atoms with E-state index in [1.807, 2.05) is 0 Å². The second kappa shape index (κ2) is 5.41. The Hall–Kier alpha value is -1.86. The summed E-state index contributed by atoms with van der Waals surface area (Å²) in [7, 11) is 0. The summed E-state index contributed by atoms with van der Waals surface area (Å²) >= 11 is 9.10. The zero-order valence-electron chi connectivity index (χ0n) is 9.34. The van der Waals surface area contributed by atoms with Crippen LogP contribution in [0.1, 0.15) is 0 Å². The average Bonchev–Trinajstić information content (AvgIpc) is 2.34. The SMILES string of the molecule is Nc1cc(Br)cnc1Oc1c(Cl)cccc1[N+](=O)[O-]. The third-order valence-electron chi connectivity index (χ3n) is 2.19. The molecule has 1 heterocycles. The molecule has 2 N–H and O–H groups in total. The lowest BCUT2D eigenvalue weighted by Crippen LogP contribution is -1.98. The fourth-order valence-electron chi connectivity index (χ4n) is 1.37. The monoisotopic (exact) mass is 343 g/mol. The Morgan fingerprint density at radius 1 is 1.47 bits per heavy atom. The minimum Gasteiger partial charge on any atom is -0.428 e. The number of halogens is 2. The van der Waals surface area contributed by atoms with Crippen molar-refractivity contribution in [3.05, 3.63) is 50.1 Å². The first-order valence-corrected chi connectivity index (χ1v) is 6.18. The fraction of sp³-hybridized carbons (Fsp3) is 0. The van der Waals surface area contributed by atoms with Crippen LogP contribution in [0.5, 0.6) is 11.6 Å². The number of ether oxygens (including phenoxy) is 1. The average molecular weight is 345 g/mol. The minimum atomic E-state index is -0.587. The van der Waals surface area contributed by atoms with Gasteiger partial charge in [0, 0.05) is 16.7 Å². The lowest BCUT2D eigenvalue weighted by atomic mass is 10.3. The summed E-state index contributed by atoms with van der Waals surface area (Å²) < 4.78 is 6.03. The van der Waals surface area contributed by atoms with Gasteiger partial charge in [0.1, 0.15) is 0 Å². The van der Waals surface area contributed by atoms with Gasteiger partial charge in [-0.15, -0.1) is 0 Å². The van der Waals surface area contributed by atoms with E-state index in [1.165, 1.54) is 24.4 Å². The Morgan fingerprint density at radius 2 is 2.21 bits per heavy atom. The molecule has 0 saturated heterocycles. The highest BCUT2D eigenvalue weighted by Crippen LogP contribution is 2.38. The molecule has 0 radical (unpaired) electrons. The molecule has 1 aromatic carbocycles. The van der Waals surface area contributed by atoms with Gasteiger partial charge in [0.2, 0.25) is 11.6 Å². The standard InChI is InChI=1S/C11H7BrClN3O3/c12-6-4-8(14)11(15-5-6)19-10-7(13)2-1-3-9(10)16(17)18/h1-5H,14H2. The molecule has 19 heavy (non-hydrogen) atoms. The number of nitro groups is 1. The van der Waals surface area contributed by atoms with Gasteiger partial charge in [-0.2, -0.15) is 0 Å². The van der Waals surface area contributed by atoms with E-state index in [0.29, 0.717) is 4.47 Å². The molecular formula is C11H7BrClN3O3. The van der Waals surface area contributed by atoms with Crippen molar-refractivity contribution in [1.82, 2.24) is 4.98 Å². The lowest BCUT2D eigenvalue weighted by Gasteiger charge is -2.09. The number of aromatic nitrogens is 1. The number of rotatable bonds is 3. The van der Waals surface area contributed by atoms with Crippen LogP contribution < -0.4 is 10.5 Å². The van der Waals surface area contributed by atoms with Gasteiger partial charge in [-0.3, -0.25) is 10.1 Å². The third kappa shape index (κ3) is 2.94. The maximum absolute atomic E-state index is 10.9. The van der Waals surface area contributed by atoms with Crippen molar-refractivity contribution in [1.29, 1.82) is 0 Å². The van der Waals surface area contributed by atoms with Crippen molar-refractivity contribution in [2.75, 3.05) is 5.73 Å². The molecule has 0 bridgehead atoms. The van der Waals surface area contributed by atoms with Gasteiger partial charge in [-0.05, 0) is 28.1 Å². The number of nitrogens with zero attached hydrogens (tertiary/aromatic N) is 2. The van der Waals surface area contributed by atoms with Gasteiger partial charge >= 0.3 is 5.69 Å². The van der Waals surface area contributed by atoms with Crippen molar-refractivity contribution in [3.63, 3.8) is 0 Å². The van der Waals surface area contributed by atoms with Gasteiger partial charge in [0.05, 0.1) is 15.6 Å². The third-order valence-corrected chi connectivity index (χ3v) is 2.92. The van der Waals surface area contributed by atoms with Crippen molar-refractivity contribution in [2.24, 2.45) is 0 Å². The molecule has 0 unspecified atom stereocenters. The van der Waals surface area contributed by atoms with E-state index in [0.717, 1.165) is 0 Å². The molecule has 0 amide bonds. The topological polar surface area (TPSA) is 91.3 Å². The predicted molar refractivity (Wildman–Crippen MR) is 74.5 cm³/mol. The number of nitro benzene ring substituents is 1. The van der Waals surface area contributed by atoms with E-state index in [-0.39, 0.29) is 28.0 Å². The van der Waals surface area contributed by atoms with Crippen molar-refractivity contribution in [2.45, 2.75) is 0 Å². The highest BCUT2D eigenvalue weighted by molar-refractivity contribution is 9.10. The Morgan fingerprint density at radius 3 is 2.84 bits per heavy atom. The number of para-hydroxylation sites is 1. The Labute approximate surface area is 121 Å². The van der Waals surface area contributed by atoms with Crippen molar-refractivity contribution < 1.29 is 9.66 Å². The van der Waals surface area contributed by atoms with Crippen molar-refractivity contribution in [3.8, 4) is 11.6 Å². The molecule has 98 valence electrons. The Bertz CT molecular complexity index is 651. The first-order chi connectivity index (χ1) is 8.99. The maximum atomic E-state index is 10.9. The first-order valence-electron chi connectivity index (χ1n) is 5.01. The normalized spacial score (nSPS) is 10.2. The number of nitrogens with two attached hydrogens (primary N) is 1. The van der Waals surface area contributed by atoms with Crippen molar-refractivity contribution >= 4 is 38.9 Å². The van der Waals surface area contributed by atoms with E-state index >= 15 is 0 Å². The number of hydrogen-bond acceptors (Lipinski definition) is 5. The number of nitrogen functional groups attached to an aromatic ring is 1. The number of benzene rings is 1. The second-order valence-electron chi connectivity index (χ2n) is 3.50. The molecule has 6 nitrogen and oxygen atoms in total. The van der Waals surface area contributed by atoms with Gasteiger partial charge in [-0.25, -0.2) is 4.98 Å². The zero-order chi connectivity index (χ0) is 14.0. The summed E-state index contributed by atoms with van der Waals surface area (Å²) in [5, 5.41) is 11.0. The molecule has 0 aliphatic heterocycles. The van der Waals surface area contributed by atoms with E-state index in [1.54, 1.807) is 6.07 Å². The molecule has 2 aromatic rings. The van der Waals surface area contributed by atoms with Crippen LogP contribution in [-0.2, 0) is 0 Å². The summed E-state index contributed by atoms with van der Waals surface area (Å²) in [6.07, 6.45) is 1.47. The van der Waals surface area contributed by atoms with Gasteiger partial charge in [-0.1, -0.05) is 17.7 Å². The lowest BCUT2D eigenvalue weighted by molar-refractivity contribution is -0.385. The fourth-order valence-corrected chi connectivity index (χ4v) is 1.92. The van der Waals surface area contributed by atoms with Crippen LogP contribution in [0.15, 0.2) is 34.9 Å². The zero-order valence-corrected chi connectivity index (χ0v) is 11.7. The first kappa shape index (κ1) is 13.6. The number of hydrogen-bond donors (Lipinski definition) is 1. The van der Waals surface area contributed by atoms with Crippen LogP contribution in [0.25, 0.3) is 0 Å². The van der Waals surface area contributed by atoms with E-state index in [2.05, 4.69) is 20.9 Å². The largest absolute Gasteiger partial charge is 0.428 e. The minimum absolute atomic E-state index is 0.0550. The summed E-state index contributed by atoms with van der Waals surface area (Å²) in [4.78, 5) is 14.3. The van der Waals surface area contributed by atoms with E-state index < -0.39 is 4.92 Å². The Kier molecular flexibility index (Phi) is 3.87. The molecule has 1 aromatic heterocycles. The smallest absolute Gasteiger partial charge is 0.313 e. The van der Waals surface area contributed by atoms with Crippen LogP contribution in [0.2, 0.25) is 5.02 Å². The van der Waals surface area contributed by atoms with Crippen LogP contribution in [-0.4, -0.2) is 9.91 Å². The quantitative estimate of drug-likeness (QED) is 0.676. The molecule has 2 rings (SSSR count). The van der Waals surface area contributed by atoms with Crippen LogP contribution in [0.4, 0.5) is 11.4 Å². The molecule has 0 fully saturated rings. The number of anilines is 1. The molecular weight excluding hydrogens is 337 g/mol.